The third-order valence-electron chi connectivity index (χ3n) is 3.85. The molecule has 2 aromatic carbocycles. The van der Waals surface area contributed by atoms with Gasteiger partial charge in [0.25, 0.3) is 0 Å². The average molecular weight is 296 g/mol. The molecule has 1 fully saturated rings. The lowest BCUT2D eigenvalue weighted by Crippen LogP contribution is -2.09. The minimum atomic E-state index is 0.0655. The number of carbonyl (C=O) groups is 1. The van der Waals surface area contributed by atoms with Crippen molar-refractivity contribution in [2.75, 3.05) is 13.2 Å². The highest BCUT2D eigenvalue weighted by Crippen LogP contribution is 2.25. The molecule has 1 atom stereocenters. The van der Waals surface area contributed by atoms with Gasteiger partial charge in [0.15, 0.2) is 5.78 Å². The van der Waals surface area contributed by atoms with Crippen LogP contribution in [0.25, 0.3) is 0 Å². The van der Waals surface area contributed by atoms with Crippen molar-refractivity contribution in [3.8, 4) is 5.75 Å². The number of rotatable bonds is 5. The van der Waals surface area contributed by atoms with Crippen LogP contribution in [-0.2, 0) is 4.74 Å². The van der Waals surface area contributed by atoms with Gasteiger partial charge in [-0.15, -0.1) is 0 Å². The zero-order valence-electron chi connectivity index (χ0n) is 13.2. The van der Waals surface area contributed by atoms with Crippen LogP contribution in [0.3, 0.4) is 0 Å². The van der Waals surface area contributed by atoms with Crippen molar-refractivity contribution in [2.45, 2.75) is 26.9 Å². The Labute approximate surface area is 130 Å². The van der Waals surface area contributed by atoms with Crippen molar-refractivity contribution in [3.63, 3.8) is 0 Å². The second-order valence-corrected chi connectivity index (χ2v) is 5.90. The molecule has 0 aliphatic carbocycles. The summed E-state index contributed by atoms with van der Waals surface area (Å²) in [5.41, 5.74) is 4.47. The van der Waals surface area contributed by atoms with Crippen LogP contribution < -0.4 is 4.74 Å². The Morgan fingerprint density at radius 2 is 1.86 bits per heavy atom. The van der Waals surface area contributed by atoms with Gasteiger partial charge in [0.05, 0.1) is 6.61 Å². The molecule has 0 amide bonds. The molecule has 1 saturated heterocycles. The van der Waals surface area contributed by atoms with E-state index in [1.165, 1.54) is 0 Å². The summed E-state index contributed by atoms with van der Waals surface area (Å²) >= 11 is 0. The van der Waals surface area contributed by atoms with Gasteiger partial charge in [-0.1, -0.05) is 23.8 Å². The summed E-state index contributed by atoms with van der Waals surface area (Å²) in [6.07, 6.45) is 0.231. The maximum absolute atomic E-state index is 12.8. The van der Waals surface area contributed by atoms with Gasteiger partial charge in [-0.2, -0.15) is 0 Å². The monoisotopic (exact) mass is 296 g/mol. The second kappa shape index (κ2) is 5.93. The molecule has 0 bridgehead atoms. The Balaban J connectivity index is 1.87. The SMILES string of the molecule is Cc1cccc(C(=O)c2c(C)cc(OCC3CO3)cc2C)c1. The summed E-state index contributed by atoms with van der Waals surface area (Å²) in [6, 6.07) is 11.6. The van der Waals surface area contributed by atoms with Crippen LogP contribution in [0.2, 0.25) is 0 Å². The zero-order chi connectivity index (χ0) is 15.7. The van der Waals surface area contributed by atoms with E-state index in [1.54, 1.807) is 0 Å². The first-order chi connectivity index (χ1) is 10.5. The standard InChI is InChI=1S/C19H20O3/c1-12-5-4-6-15(7-12)19(20)18-13(2)8-16(9-14(18)3)21-10-17-11-22-17/h4-9,17H,10-11H2,1-3H3. The number of aryl methyl sites for hydroxylation is 3. The first-order valence-corrected chi connectivity index (χ1v) is 7.51. The van der Waals surface area contributed by atoms with Crippen molar-refractivity contribution >= 4 is 5.78 Å². The molecule has 3 nitrogen and oxygen atoms in total. The van der Waals surface area contributed by atoms with Gasteiger partial charge in [-0.05, 0) is 50.1 Å². The van der Waals surface area contributed by atoms with Crippen LogP contribution in [0.4, 0.5) is 0 Å². The minimum Gasteiger partial charge on any atom is -0.491 e. The fraction of sp³-hybridized carbons (Fsp3) is 0.316. The van der Waals surface area contributed by atoms with Crippen LogP contribution in [-0.4, -0.2) is 25.1 Å². The maximum atomic E-state index is 12.8. The Bertz CT molecular complexity index is 691. The molecular weight excluding hydrogens is 276 g/mol. The van der Waals surface area contributed by atoms with Crippen LogP contribution >= 0.6 is 0 Å². The molecule has 0 radical (unpaired) electrons. The van der Waals surface area contributed by atoms with Crippen molar-refractivity contribution < 1.29 is 14.3 Å². The summed E-state index contributed by atoms with van der Waals surface area (Å²) in [5, 5.41) is 0. The maximum Gasteiger partial charge on any atom is 0.193 e. The molecule has 1 aliphatic heterocycles. The predicted octanol–water partition coefficient (Wildman–Crippen LogP) is 3.62. The fourth-order valence-electron chi connectivity index (χ4n) is 2.65. The summed E-state index contributed by atoms with van der Waals surface area (Å²) in [6.45, 7) is 7.26. The quantitative estimate of drug-likeness (QED) is 0.625. The Hall–Kier alpha value is -2.13. The van der Waals surface area contributed by atoms with Gasteiger partial charge < -0.3 is 9.47 Å². The van der Waals surface area contributed by atoms with E-state index < -0.39 is 0 Å². The lowest BCUT2D eigenvalue weighted by atomic mass is 9.94. The van der Waals surface area contributed by atoms with E-state index in [0.29, 0.717) is 6.61 Å². The lowest BCUT2D eigenvalue weighted by molar-refractivity contribution is 0.103. The van der Waals surface area contributed by atoms with Crippen LogP contribution in [0.15, 0.2) is 36.4 Å². The third-order valence-corrected chi connectivity index (χ3v) is 3.85. The summed E-state index contributed by atoms with van der Waals surface area (Å²) < 4.78 is 10.9. The van der Waals surface area contributed by atoms with Crippen LogP contribution in [0, 0.1) is 20.8 Å². The second-order valence-electron chi connectivity index (χ2n) is 5.90. The fourth-order valence-corrected chi connectivity index (χ4v) is 2.65. The van der Waals surface area contributed by atoms with E-state index in [9.17, 15) is 4.79 Å². The van der Waals surface area contributed by atoms with Gasteiger partial charge >= 0.3 is 0 Å². The Kier molecular flexibility index (Phi) is 3.99. The summed E-state index contributed by atoms with van der Waals surface area (Å²) in [5.74, 6) is 0.863. The van der Waals surface area contributed by atoms with Crippen molar-refractivity contribution in [1.82, 2.24) is 0 Å². The van der Waals surface area contributed by atoms with Crippen LogP contribution in [0.1, 0.15) is 32.6 Å². The zero-order valence-corrected chi connectivity index (χ0v) is 13.2. The lowest BCUT2D eigenvalue weighted by Gasteiger charge is -2.13. The van der Waals surface area contributed by atoms with Gasteiger partial charge in [0.1, 0.15) is 18.5 Å². The first kappa shape index (κ1) is 14.8. The van der Waals surface area contributed by atoms with E-state index in [-0.39, 0.29) is 11.9 Å². The number of benzene rings is 2. The molecule has 0 saturated carbocycles. The van der Waals surface area contributed by atoms with E-state index in [2.05, 4.69) is 0 Å². The molecule has 114 valence electrons. The topological polar surface area (TPSA) is 38.8 Å². The largest absolute Gasteiger partial charge is 0.491 e. The molecule has 3 heteroatoms. The Morgan fingerprint density at radius 3 is 2.45 bits per heavy atom. The number of hydrogen-bond acceptors (Lipinski definition) is 3. The molecule has 1 unspecified atom stereocenters. The molecule has 2 aromatic rings. The average Bonchev–Trinajstić information content (AvgIpc) is 3.28. The molecule has 0 aromatic heterocycles. The predicted molar refractivity (Wildman–Crippen MR) is 85.8 cm³/mol. The first-order valence-electron chi connectivity index (χ1n) is 7.51. The molecule has 22 heavy (non-hydrogen) atoms. The molecule has 1 heterocycles. The third kappa shape index (κ3) is 3.20. The highest BCUT2D eigenvalue weighted by Gasteiger charge is 2.23. The van der Waals surface area contributed by atoms with Gasteiger partial charge in [-0.3, -0.25) is 4.79 Å². The molecule has 1 aliphatic rings. The summed E-state index contributed by atoms with van der Waals surface area (Å²) in [7, 11) is 0. The normalized spacial score (nSPS) is 16.4. The highest BCUT2D eigenvalue weighted by atomic mass is 16.6. The number of carbonyl (C=O) groups excluding carboxylic acids is 1. The van der Waals surface area contributed by atoms with E-state index in [0.717, 1.165) is 40.2 Å². The van der Waals surface area contributed by atoms with Crippen molar-refractivity contribution in [1.29, 1.82) is 0 Å². The number of ketones is 1. The molecule has 0 N–H and O–H groups in total. The van der Waals surface area contributed by atoms with E-state index in [4.69, 9.17) is 9.47 Å². The van der Waals surface area contributed by atoms with Crippen molar-refractivity contribution in [3.05, 3.63) is 64.2 Å². The van der Waals surface area contributed by atoms with Gasteiger partial charge in [-0.25, -0.2) is 0 Å². The highest BCUT2D eigenvalue weighted by molar-refractivity contribution is 6.11. The number of epoxide rings is 1. The van der Waals surface area contributed by atoms with Gasteiger partial charge in [0.2, 0.25) is 0 Å². The van der Waals surface area contributed by atoms with E-state index in [1.807, 2.05) is 57.2 Å². The smallest absolute Gasteiger partial charge is 0.193 e. The Morgan fingerprint density at radius 1 is 1.18 bits per heavy atom. The van der Waals surface area contributed by atoms with Crippen molar-refractivity contribution in [2.24, 2.45) is 0 Å². The van der Waals surface area contributed by atoms with Gasteiger partial charge in [0, 0.05) is 11.1 Å². The van der Waals surface area contributed by atoms with E-state index >= 15 is 0 Å². The number of hydrogen-bond donors (Lipinski definition) is 0. The number of ether oxygens (including phenoxy) is 2. The molecular formula is C19H20O3. The molecule has 0 spiro atoms. The summed E-state index contributed by atoms with van der Waals surface area (Å²) in [4.78, 5) is 12.8. The van der Waals surface area contributed by atoms with Crippen LogP contribution in [0.5, 0.6) is 5.75 Å². The minimum absolute atomic E-state index is 0.0655. The molecule has 3 rings (SSSR count).